The van der Waals surface area contributed by atoms with E-state index in [9.17, 15) is 0 Å². The number of likely N-dealkylation sites (N-methyl/N-ethyl adjacent to an activating group) is 1. The van der Waals surface area contributed by atoms with Gasteiger partial charge in [0, 0.05) is 10.9 Å². The van der Waals surface area contributed by atoms with Crippen molar-refractivity contribution < 1.29 is 4.42 Å². The van der Waals surface area contributed by atoms with Crippen LogP contribution >= 0.6 is 27.3 Å². The van der Waals surface area contributed by atoms with Gasteiger partial charge in [0.25, 0.3) is 0 Å². The molecule has 0 amide bonds. The highest BCUT2D eigenvalue weighted by atomic mass is 79.9. The molecule has 1 N–H and O–H groups in total. The molecule has 0 spiro atoms. The molecule has 2 aromatic heterocycles. The molecule has 0 fully saturated rings. The Hall–Kier alpha value is -0.580. The fourth-order valence-corrected chi connectivity index (χ4v) is 3.04. The third kappa shape index (κ3) is 2.71. The molecule has 4 heteroatoms. The average molecular weight is 286 g/mol. The van der Waals surface area contributed by atoms with E-state index in [1.54, 1.807) is 23.9 Å². The van der Waals surface area contributed by atoms with Crippen LogP contribution in [0.2, 0.25) is 0 Å². The Bertz CT molecular complexity index is 410. The highest BCUT2D eigenvalue weighted by molar-refractivity contribution is 9.11. The lowest BCUT2D eigenvalue weighted by Gasteiger charge is -2.12. The molecule has 2 nitrogen and oxygen atoms in total. The molecule has 0 aliphatic rings. The van der Waals surface area contributed by atoms with Crippen LogP contribution in [0, 0.1) is 0 Å². The minimum atomic E-state index is 0.360. The van der Waals surface area contributed by atoms with Crippen LogP contribution in [-0.4, -0.2) is 7.05 Å². The SMILES string of the molecule is CNC(Cc1ccoc1)c1ccc(Br)s1. The molecule has 0 saturated heterocycles. The Balaban J connectivity index is 2.11. The van der Waals surface area contributed by atoms with Crippen LogP contribution < -0.4 is 5.32 Å². The molecule has 0 bridgehead atoms. The second-order valence-corrected chi connectivity index (χ2v) is 5.81. The van der Waals surface area contributed by atoms with Crippen LogP contribution in [-0.2, 0) is 6.42 Å². The monoisotopic (exact) mass is 285 g/mol. The van der Waals surface area contributed by atoms with Gasteiger partial charge in [0.1, 0.15) is 0 Å². The van der Waals surface area contributed by atoms with E-state index in [-0.39, 0.29) is 0 Å². The van der Waals surface area contributed by atoms with Gasteiger partial charge in [-0.2, -0.15) is 0 Å². The average Bonchev–Trinajstić information content (AvgIpc) is 2.85. The Morgan fingerprint density at radius 3 is 2.87 bits per heavy atom. The smallest absolute Gasteiger partial charge is 0.0935 e. The maximum absolute atomic E-state index is 5.07. The van der Waals surface area contributed by atoms with E-state index in [0.717, 1.165) is 6.42 Å². The Labute approximate surface area is 101 Å². The van der Waals surface area contributed by atoms with Gasteiger partial charge in [-0.15, -0.1) is 11.3 Å². The lowest BCUT2D eigenvalue weighted by Crippen LogP contribution is -2.17. The first-order valence-corrected chi connectivity index (χ1v) is 6.34. The first-order chi connectivity index (χ1) is 7.29. The number of thiophene rings is 1. The molecule has 2 heterocycles. The van der Waals surface area contributed by atoms with Crippen molar-refractivity contribution in [3.63, 3.8) is 0 Å². The van der Waals surface area contributed by atoms with Crippen molar-refractivity contribution in [2.45, 2.75) is 12.5 Å². The summed E-state index contributed by atoms with van der Waals surface area (Å²) in [4.78, 5) is 1.34. The van der Waals surface area contributed by atoms with Gasteiger partial charge in [-0.05, 0) is 53.2 Å². The molecule has 0 radical (unpaired) electrons. The van der Waals surface area contributed by atoms with Gasteiger partial charge in [0.15, 0.2) is 0 Å². The second-order valence-electron chi connectivity index (χ2n) is 3.32. The first-order valence-electron chi connectivity index (χ1n) is 4.73. The number of hydrogen-bond donors (Lipinski definition) is 1. The summed E-state index contributed by atoms with van der Waals surface area (Å²) >= 11 is 5.25. The number of rotatable bonds is 4. The van der Waals surface area contributed by atoms with Crippen molar-refractivity contribution in [3.8, 4) is 0 Å². The van der Waals surface area contributed by atoms with E-state index in [1.807, 2.05) is 13.1 Å². The lowest BCUT2D eigenvalue weighted by molar-refractivity contribution is 0.554. The summed E-state index contributed by atoms with van der Waals surface area (Å²) in [5, 5.41) is 3.32. The van der Waals surface area contributed by atoms with Gasteiger partial charge in [-0.25, -0.2) is 0 Å². The fourth-order valence-electron chi connectivity index (χ4n) is 1.50. The van der Waals surface area contributed by atoms with Crippen molar-refractivity contribution in [1.29, 1.82) is 0 Å². The molecule has 0 aliphatic carbocycles. The van der Waals surface area contributed by atoms with Crippen LogP contribution in [0.5, 0.6) is 0 Å². The van der Waals surface area contributed by atoms with Crippen molar-refractivity contribution in [1.82, 2.24) is 5.32 Å². The van der Waals surface area contributed by atoms with Crippen molar-refractivity contribution in [2.24, 2.45) is 0 Å². The zero-order chi connectivity index (χ0) is 10.7. The maximum atomic E-state index is 5.07. The van der Waals surface area contributed by atoms with Crippen molar-refractivity contribution >= 4 is 27.3 Å². The molecule has 0 saturated carbocycles. The van der Waals surface area contributed by atoms with E-state index < -0.39 is 0 Å². The third-order valence-corrected chi connectivity index (χ3v) is 4.04. The van der Waals surface area contributed by atoms with Gasteiger partial charge < -0.3 is 9.73 Å². The summed E-state index contributed by atoms with van der Waals surface area (Å²) in [6.07, 6.45) is 4.47. The third-order valence-electron chi connectivity index (χ3n) is 2.31. The quantitative estimate of drug-likeness (QED) is 0.929. The molecule has 2 rings (SSSR count). The largest absolute Gasteiger partial charge is 0.472 e. The molecular formula is C11H12BrNOS. The maximum Gasteiger partial charge on any atom is 0.0935 e. The number of nitrogens with one attached hydrogen (secondary N) is 1. The summed E-state index contributed by atoms with van der Waals surface area (Å²) in [6, 6.07) is 6.60. The molecular weight excluding hydrogens is 274 g/mol. The van der Waals surface area contributed by atoms with Crippen molar-refractivity contribution in [3.05, 3.63) is 45.0 Å². The predicted octanol–water partition coefficient (Wildman–Crippen LogP) is 3.61. The fraction of sp³-hybridized carbons (Fsp3) is 0.273. The van der Waals surface area contributed by atoms with Crippen LogP contribution in [0.15, 0.2) is 38.9 Å². The number of furan rings is 1. The van der Waals surface area contributed by atoms with E-state index in [0.29, 0.717) is 6.04 Å². The Morgan fingerprint density at radius 1 is 1.47 bits per heavy atom. The second kappa shape index (κ2) is 4.96. The molecule has 1 atom stereocenters. The summed E-state index contributed by atoms with van der Waals surface area (Å²) in [5.74, 6) is 0. The van der Waals surface area contributed by atoms with E-state index in [2.05, 4.69) is 33.4 Å². The van der Waals surface area contributed by atoms with Crippen LogP contribution in [0.25, 0.3) is 0 Å². The molecule has 15 heavy (non-hydrogen) atoms. The van der Waals surface area contributed by atoms with Crippen LogP contribution in [0.4, 0.5) is 0 Å². The van der Waals surface area contributed by atoms with Gasteiger partial charge in [-0.1, -0.05) is 0 Å². The number of halogens is 1. The number of hydrogen-bond acceptors (Lipinski definition) is 3. The zero-order valence-electron chi connectivity index (χ0n) is 8.37. The summed E-state index contributed by atoms with van der Waals surface area (Å²) in [7, 11) is 1.98. The van der Waals surface area contributed by atoms with E-state index >= 15 is 0 Å². The summed E-state index contributed by atoms with van der Waals surface area (Å²) in [6.45, 7) is 0. The lowest BCUT2D eigenvalue weighted by atomic mass is 10.1. The van der Waals surface area contributed by atoms with Crippen molar-refractivity contribution in [2.75, 3.05) is 7.05 Å². The molecule has 80 valence electrons. The van der Waals surface area contributed by atoms with Crippen LogP contribution in [0.1, 0.15) is 16.5 Å². The minimum Gasteiger partial charge on any atom is -0.472 e. The van der Waals surface area contributed by atoms with Gasteiger partial charge in [-0.3, -0.25) is 0 Å². The Kier molecular flexibility index (Phi) is 3.61. The normalized spacial score (nSPS) is 12.9. The van der Waals surface area contributed by atoms with Gasteiger partial charge in [0.05, 0.1) is 16.3 Å². The van der Waals surface area contributed by atoms with E-state index in [1.165, 1.54) is 14.2 Å². The summed E-state index contributed by atoms with van der Waals surface area (Å²) < 4.78 is 6.24. The molecule has 0 aromatic carbocycles. The minimum absolute atomic E-state index is 0.360. The van der Waals surface area contributed by atoms with Gasteiger partial charge in [0.2, 0.25) is 0 Å². The van der Waals surface area contributed by atoms with E-state index in [4.69, 9.17) is 4.42 Å². The predicted molar refractivity (Wildman–Crippen MR) is 66.2 cm³/mol. The van der Waals surface area contributed by atoms with Gasteiger partial charge >= 0.3 is 0 Å². The summed E-state index contributed by atoms with van der Waals surface area (Å²) in [5.41, 5.74) is 1.22. The highest BCUT2D eigenvalue weighted by Gasteiger charge is 2.12. The Morgan fingerprint density at radius 2 is 2.33 bits per heavy atom. The molecule has 1 unspecified atom stereocenters. The molecule has 2 aromatic rings. The first kappa shape index (κ1) is 10.9. The molecule has 0 aliphatic heterocycles. The zero-order valence-corrected chi connectivity index (χ0v) is 10.8. The van der Waals surface area contributed by atoms with Crippen LogP contribution in [0.3, 0.4) is 0 Å². The standard InChI is InChI=1S/C11H12BrNOS/c1-13-9(6-8-4-5-14-7-8)10-2-3-11(12)15-10/h2-5,7,9,13H,6H2,1H3. The highest BCUT2D eigenvalue weighted by Crippen LogP contribution is 2.29. The topological polar surface area (TPSA) is 25.2 Å².